The zero-order valence-corrected chi connectivity index (χ0v) is 29.8. The third-order valence-corrected chi connectivity index (χ3v) is 12.0. The molecule has 3 aromatic rings. The van der Waals surface area contributed by atoms with Crippen molar-refractivity contribution >= 4 is 11.6 Å². The van der Waals surface area contributed by atoms with Gasteiger partial charge in [-0.05, 0) is 55.0 Å². The molecule has 1 unspecified atom stereocenters. The first-order chi connectivity index (χ1) is 24.7. The molecule has 0 aromatic heterocycles. The molecule has 4 aliphatic heterocycles. The number of amides is 1. The van der Waals surface area contributed by atoms with Crippen LogP contribution >= 0.6 is 0 Å². The fourth-order valence-electron chi connectivity index (χ4n) is 8.95. The highest BCUT2D eigenvalue weighted by Crippen LogP contribution is 2.43. The van der Waals surface area contributed by atoms with Crippen LogP contribution in [-0.2, 0) is 15.1 Å². The van der Waals surface area contributed by atoms with Gasteiger partial charge in [-0.1, -0.05) is 55.3 Å². The van der Waals surface area contributed by atoms with E-state index in [0.29, 0.717) is 36.1 Å². The predicted octanol–water partition coefficient (Wildman–Crippen LogP) is 5.58. The Morgan fingerprint density at radius 2 is 1.78 bits per heavy atom. The number of hydrogen-bond donors (Lipinski definition) is 5. The topological polar surface area (TPSA) is 130 Å². The number of nitrogens with one attached hydrogen (secondary N) is 2. The zero-order chi connectivity index (χ0) is 35.4. The Hall–Kier alpha value is -3.67. The van der Waals surface area contributed by atoms with Crippen LogP contribution in [0.5, 0.6) is 17.2 Å². The largest absolute Gasteiger partial charge is 0.508 e. The number of piperidine rings is 3. The van der Waals surface area contributed by atoms with Crippen molar-refractivity contribution in [3.05, 3.63) is 83.4 Å². The maximum Gasteiger partial charge on any atom is 0.262 e. The van der Waals surface area contributed by atoms with E-state index in [1.54, 1.807) is 0 Å². The third-order valence-electron chi connectivity index (χ3n) is 12.0. The maximum absolute atomic E-state index is 12.0. The molecule has 5 N–H and O–H groups in total. The number of ether oxygens (including phenoxy) is 3. The molecule has 4 heterocycles. The molecule has 1 aliphatic carbocycles. The molecule has 4 atom stereocenters. The first-order valence-corrected chi connectivity index (χ1v) is 18.9. The molecule has 51 heavy (non-hydrogen) atoms. The lowest BCUT2D eigenvalue weighted by atomic mass is 9.80. The highest BCUT2D eigenvalue weighted by atomic mass is 16.5. The predicted molar refractivity (Wildman–Crippen MR) is 195 cm³/mol. The number of aliphatic hydroxyl groups excluding tert-OH is 1. The molecule has 5 aliphatic rings. The van der Waals surface area contributed by atoms with Gasteiger partial charge in [-0.2, -0.15) is 0 Å². The minimum Gasteiger partial charge on any atom is -0.508 e. The summed E-state index contributed by atoms with van der Waals surface area (Å²) in [6.07, 6.45) is 7.08. The fraction of sp³-hybridized carbons (Fsp3) is 0.537. The van der Waals surface area contributed by atoms with Crippen molar-refractivity contribution < 1.29 is 38.8 Å². The standard InChI is InChI=1S/C41H53N3O7/c1-28(42-24-37(46)35-22-33(45)23-36-40(35)50-26-39(47)43-36)29-12-14-34(15-13-29)49-21-7-18-44-19-16-30(17-20-44)38(25-44)51-27-41(48,32-10-5-6-11-32)31-8-3-2-4-9-31/h2-4,8-9,12-15,22-23,28,30,32,37-38,42,46,48H,5-7,10-11,16-21,24-27H2,1H3,(H-,43,45,47)/p+1/t28-,30?,37+,38+,41?,44?/m1/s1. The number of quaternary nitrogens is 1. The normalized spacial score (nSPS) is 25.4. The zero-order valence-electron chi connectivity index (χ0n) is 29.8. The number of aromatic hydroxyl groups is 1. The molecule has 4 fully saturated rings. The van der Waals surface area contributed by atoms with Crippen molar-refractivity contribution in [3.8, 4) is 17.2 Å². The van der Waals surface area contributed by atoms with Crippen molar-refractivity contribution in [1.82, 2.24) is 5.32 Å². The average Bonchev–Trinajstić information content (AvgIpc) is 3.71. The molecular formula is C41H54N3O7+. The van der Waals surface area contributed by atoms with E-state index in [9.17, 15) is 20.1 Å². The molecule has 1 amide bonds. The second-order valence-electron chi connectivity index (χ2n) is 15.3. The molecule has 3 saturated heterocycles. The molecule has 3 aromatic carbocycles. The summed E-state index contributed by atoms with van der Waals surface area (Å²) < 4.78 is 19.5. The van der Waals surface area contributed by atoms with Crippen LogP contribution in [-0.4, -0.2) is 84.4 Å². The van der Waals surface area contributed by atoms with Crippen LogP contribution < -0.4 is 20.1 Å². The number of nitrogens with zero attached hydrogens (tertiary/aromatic N) is 1. The molecule has 10 nitrogen and oxygen atoms in total. The van der Waals surface area contributed by atoms with Gasteiger partial charge in [-0.3, -0.25) is 4.79 Å². The van der Waals surface area contributed by atoms with Crippen LogP contribution in [0, 0.1) is 11.8 Å². The maximum atomic E-state index is 12.0. The van der Waals surface area contributed by atoms with Crippen LogP contribution in [0.25, 0.3) is 0 Å². The van der Waals surface area contributed by atoms with Crippen LogP contribution in [0.15, 0.2) is 66.7 Å². The quantitative estimate of drug-likeness (QED) is 0.103. The number of hydrogen-bond acceptors (Lipinski definition) is 8. The van der Waals surface area contributed by atoms with Gasteiger partial charge < -0.3 is 44.6 Å². The number of rotatable bonds is 15. The van der Waals surface area contributed by atoms with Crippen molar-refractivity contribution in [2.45, 2.75) is 75.7 Å². The van der Waals surface area contributed by atoms with Gasteiger partial charge in [0.25, 0.3) is 5.91 Å². The van der Waals surface area contributed by atoms with E-state index in [1.165, 1.54) is 50.9 Å². The van der Waals surface area contributed by atoms with E-state index in [2.05, 4.69) is 22.8 Å². The number of carbonyl (C=O) groups is 1. The Balaban J connectivity index is 0.868. The number of carbonyl (C=O) groups excluding carboxylic acids is 1. The lowest BCUT2D eigenvalue weighted by molar-refractivity contribution is -0.946. The highest BCUT2D eigenvalue weighted by molar-refractivity contribution is 5.96. The van der Waals surface area contributed by atoms with Crippen molar-refractivity contribution in [3.63, 3.8) is 0 Å². The minimum atomic E-state index is -0.945. The van der Waals surface area contributed by atoms with Gasteiger partial charge in [0.15, 0.2) is 6.61 Å². The second-order valence-corrected chi connectivity index (χ2v) is 15.3. The number of phenols is 1. The van der Waals surface area contributed by atoms with Crippen LogP contribution in [0.4, 0.5) is 5.69 Å². The van der Waals surface area contributed by atoms with E-state index in [-0.39, 0.29) is 42.9 Å². The van der Waals surface area contributed by atoms with Crippen molar-refractivity contribution in [2.24, 2.45) is 11.8 Å². The molecule has 274 valence electrons. The number of aliphatic hydroxyl groups is 2. The van der Waals surface area contributed by atoms with Gasteiger partial charge in [-0.25, -0.2) is 0 Å². The Kier molecular flexibility index (Phi) is 10.9. The Labute approximate surface area is 301 Å². The smallest absolute Gasteiger partial charge is 0.262 e. The molecule has 0 spiro atoms. The second kappa shape index (κ2) is 15.5. The molecule has 1 saturated carbocycles. The number of fused-ring (bicyclic) bond motifs is 4. The van der Waals surface area contributed by atoms with Gasteiger partial charge in [0, 0.05) is 49.4 Å². The monoisotopic (exact) mass is 700 g/mol. The van der Waals surface area contributed by atoms with Gasteiger partial charge in [0.2, 0.25) is 0 Å². The summed E-state index contributed by atoms with van der Waals surface area (Å²) in [6.45, 7) is 7.64. The molecular weight excluding hydrogens is 646 g/mol. The lowest BCUT2D eigenvalue weighted by Crippen LogP contribution is -2.65. The number of benzene rings is 3. The van der Waals surface area contributed by atoms with Crippen LogP contribution in [0.2, 0.25) is 0 Å². The Bertz CT molecular complexity index is 1620. The fourth-order valence-corrected chi connectivity index (χ4v) is 8.95. The summed E-state index contributed by atoms with van der Waals surface area (Å²) in [5.41, 5.74) is 1.91. The van der Waals surface area contributed by atoms with Crippen molar-refractivity contribution in [1.29, 1.82) is 0 Å². The Morgan fingerprint density at radius 3 is 2.53 bits per heavy atom. The van der Waals surface area contributed by atoms with Gasteiger partial charge in [0.1, 0.15) is 35.5 Å². The van der Waals surface area contributed by atoms with E-state index in [0.717, 1.165) is 53.7 Å². The molecule has 2 bridgehead atoms. The van der Waals surface area contributed by atoms with Gasteiger partial charge >= 0.3 is 0 Å². The summed E-state index contributed by atoms with van der Waals surface area (Å²) in [6, 6.07) is 21.1. The van der Waals surface area contributed by atoms with E-state index >= 15 is 0 Å². The van der Waals surface area contributed by atoms with Gasteiger partial charge in [0.05, 0.1) is 44.6 Å². The molecule has 0 radical (unpaired) electrons. The Morgan fingerprint density at radius 1 is 1.04 bits per heavy atom. The summed E-state index contributed by atoms with van der Waals surface area (Å²) in [7, 11) is 0. The SMILES string of the molecule is C[C@@H](NC[C@H](O)c1cc(O)cc2c1OCC(=O)N2)c1ccc(OCCC[N+]23CCC(CC2)[C@@H](OCC(O)(c2ccccc2)C2CCCC2)C3)cc1. The minimum absolute atomic E-state index is 0.0442. The van der Waals surface area contributed by atoms with Crippen LogP contribution in [0.3, 0.4) is 0 Å². The van der Waals surface area contributed by atoms with Crippen LogP contribution in [0.1, 0.15) is 80.7 Å². The van der Waals surface area contributed by atoms with Crippen molar-refractivity contribution in [2.75, 3.05) is 57.9 Å². The lowest BCUT2D eigenvalue weighted by Gasteiger charge is -2.53. The number of anilines is 1. The summed E-state index contributed by atoms with van der Waals surface area (Å²) >= 11 is 0. The number of phenolic OH excluding ortho intramolecular Hbond substituents is 1. The third kappa shape index (κ3) is 8.05. The first-order valence-electron chi connectivity index (χ1n) is 18.9. The average molecular weight is 701 g/mol. The summed E-state index contributed by atoms with van der Waals surface area (Å²) in [5, 5.41) is 39.1. The van der Waals surface area contributed by atoms with E-state index in [1.807, 2.05) is 49.4 Å². The van der Waals surface area contributed by atoms with E-state index in [4.69, 9.17) is 14.2 Å². The summed E-state index contributed by atoms with van der Waals surface area (Å²) in [4.78, 5) is 11.7. The molecule has 10 heteroatoms. The van der Waals surface area contributed by atoms with Gasteiger partial charge in [-0.15, -0.1) is 0 Å². The highest BCUT2D eigenvalue weighted by Gasteiger charge is 2.48. The summed E-state index contributed by atoms with van der Waals surface area (Å²) in [5.74, 6) is 1.70. The molecule has 8 rings (SSSR count). The van der Waals surface area contributed by atoms with E-state index < -0.39 is 11.7 Å². The first kappa shape index (κ1) is 35.7.